The minimum Gasteiger partial charge on any atom is -0.478 e. The predicted molar refractivity (Wildman–Crippen MR) is 124 cm³/mol. The number of benzene rings is 3. The molecule has 0 atom stereocenters. The summed E-state index contributed by atoms with van der Waals surface area (Å²) in [6, 6.07) is 16.0. The van der Waals surface area contributed by atoms with Crippen LogP contribution in [0.1, 0.15) is 76.9 Å². The minimum atomic E-state index is -1.01. The summed E-state index contributed by atoms with van der Waals surface area (Å²) >= 11 is 0. The van der Waals surface area contributed by atoms with Crippen molar-refractivity contribution in [1.29, 1.82) is 0 Å². The zero-order valence-corrected chi connectivity index (χ0v) is 18.6. The van der Waals surface area contributed by atoms with Crippen molar-refractivity contribution in [2.75, 3.05) is 0 Å². The third-order valence-electron chi connectivity index (χ3n) is 5.65. The van der Waals surface area contributed by atoms with Gasteiger partial charge in [0.1, 0.15) is 0 Å². The van der Waals surface area contributed by atoms with Crippen LogP contribution in [0, 0.1) is 6.92 Å². The normalized spacial score (nSPS) is 11.2. The second-order valence-electron chi connectivity index (χ2n) is 8.46. The Morgan fingerprint density at radius 1 is 0.710 bits per heavy atom. The van der Waals surface area contributed by atoms with E-state index in [4.69, 9.17) is 0 Å². The number of carbonyl (C=O) groups is 2. The summed E-state index contributed by atoms with van der Waals surface area (Å²) in [5.74, 6) is -1.66. The second-order valence-corrected chi connectivity index (χ2v) is 8.46. The molecule has 4 nitrogen and oxygen atoms in total. The average molecular weight is 417 g/mol. The van der Waals surface area contributed by atoms with Crippen LogP contribution in [-0.4, -0.2) is 22.2 Å². The molecule has 0 aromatic heterocycles. The molecule has 0 bridgehead atoms. The molecule has 3 rings (SSSR count). The minimum absolute atomic E-state index is 0.116. The first-order valence-corrected chi connectivity index (χ1v) is 10.5. The van der Waals surface area contributed by atoms with E-state index in [0.29, 0.717) is 11.1 Å². The highest BCUT2D eigenvalue weighted by Gasteiger charge is 2.26. The highest BCUT2D eigenvalue weighted by Crippen LogP contribution is 2.45. The molecule has 0 saturated carbocycles. The van der Waals surface area contributed by atoms with Crippen LogP contribution in [-0.2, 0) is 0 Å². The topological polar surface area (TPSA) is 74.6 Å². The van der Waals surface area contributed by atoms with E-state index in [1.807, 2.05) is 25.1 Å². The van der Waals surface area contributed by atoms with Gasteiger partial charge in [-0.2, -0.15) is 0 Å². The standard InChI is InChI=1S/C27H28O4/c1-15(2)22-14-17(5)24(18-10-6-8-12-20(18)26(28)29)25(23(22)16(3)4)19-11-7-9-13-21(19)27(30)31/h6-16H,1-5H3,(H,28,29)(H,30,31). The molecule has 0 fully saturated rings. The smallest absolute Gasteiger partial charge is 0.336 e. The van der Waals surface area contributed by atoms with Gasteiger partial charge >= 0.3 is 11.9 Å². The fourth-order valence-electron chi connectivity index (χ4n) is 4.36. The van der Waals surface area contributed by atoms with Crippen LogP contribution in [0.25, 0.3) is 22.3 Å². The van der Waals surface area contributed by atoms with E-state index < -0.39 is 11.9 Å². The van der Waals surface area contributed by atoms with Crippen LogP contribution >= 0.6 is 0 Å². The zero-order valence-electron chi connectivity index (χ0n) is 18.6. The first kappa shape index (κ1) is 22.3. The van der Waals surface area contributed by atoms with E-state index in [0.717, 1.165) is 27.8 Å². The van der Waals surface area contributed by atoms with Gasteiger partial charge in [-0.1, -0.05) is 70.2 Å². The molecule has 2 N–H and O–H groups in total. The summed E-state index contributed by atoms with van der Waals surface area (Å²) in [6.45, 7) is 10.4. The molecule has 0 heterocycles. The highest BCUT2D eigenvalue weighted by atomic mass is 16.4. The number of aryl methyl sites for hydroxylation is 1. The van der Waals surface area contributed by atoms with Gasteiger partial charge in [-0.05, 0) is 69.8 Å². The Kier molecular flexibility index (Phi) is 6.30. The third-order valence-corrected chi connectivity index (χ3v) is 5.65. The van der Waals surface area contributed by atoms with Gasteiger partial charge in [-0.25, -0.2) is 9.59 Å². The lowest BCUT2D eigenvalue weighted by Crippen LogP contribution is -2.09. The van der Waals surface area contributed by atoms with Crippen LogP contribution < -0.4 is 0 Å². The number of hydrogen-bond acceptors (Lipinski definition) is 2. The van der Waals surface area contributed by atoms with Crippen molar-refractivity contribution < 1.29 is 19.8 Å². The van der Waals surface area contributed by atoms with Crippen molar-refractivity contribution in [3.8, 4) is 22.3 Å². The van der Waals surface area contributed by atoms with Crippen molar-refractivity contribution >= 4 is 11.9 Å². The first-order valence-electron chi connectivity index (χ1n) is 10.5. The molecule has 0 amide bonds. The average Bonchev–Trinajstić information content (AvgIpc) is 2.72. The molecule has 0 radical (unpaired) electrons. The van der Waals surface area contributed by atoms with Crippen LogP contribution in [0.2, 0.25) is 0 Å². The number of carboxylic acids is 2. The monoisotopic (exact) mass is 416 g/mol. The maximum Gasteiger partial charge on any atom is 0.336 e. The van der Waals surface area contributed by atoms with Gasteiger partial charge in [0.15, 0.2) is 0 Å². The molecule has 3 aromatic rings. The Labute approximate surface area is 183 Å². The molecule has 160 valence electrons. The Hall–Kier alpha value is -3.40. The van der Waals surface area contributed by atoms with E-state index in [1.54, 1.807) is 30.3 Å². The molecule has 3 aromatic carbocycles. The highest BCUT2D eigenvalue weighted by molar-refractivity contribution is 6.04. The number of carboxylic acid groups (broad SMARTS) is 2. The molecule has 0 unspecified atom stereocenters. The van der Waals surface area contributed by atoms with Crippen molar-refractivity contribution in [2.45, 2.75) is 46.5 Å². The fraction of sp³-hybridized carbons (Fsp3) is 0.259. The van der Waals surface area contributed by atoms with Gasteiger partial charge in [0, 0.05) is 0 Å². The predicted octanol–water partition coefficient (Wildman–Crippen LogP) is 6.97. The van der Waals surface area contributed by atoms with E-state index >= 15 is 0 Å². The lowest BCUT2D eigenvalue weighted by Gasteiger charge is -2.27. The van der Waals surface area contributed by atoms with Crippen molar-refractivity contribution in [1.82, 2.24) is 0 Å². The number of hydrogen-bond donors (Lipinski definition) is 2. The second kappa shape index (κ2) is 8.76. The Bertz CT molecular complexity index is 1160. The number of rotatable bonds is 6. The van der Waals surface area contributed by atoms with Crippen LogP contribution in [0.15, 0.2) is 54.6 Å². The first-order chi connectivity index (χ1) is 14.6. The Morgan fingerprint density at radius 2 is 1.16 bits per heavy atom. The zero-order chi connectivity index (χ0) is 22.9. The summed E-state index contributed by atoms with van der Waals surface area (Å²) < 4.78 is 0. The quantitative estimate of drug-likeness (QED) is 0.455. The van der Waals surface area contributed by atoms with Crippen LogP contribution in [0.5, 0.6) is 0 Å². The van der Waals surface area contributed by atoms with Crippen molar-refractivity contribution in [3.63, 3.8) is 0 Å². The molecule has 0 aliphatic heterocycles. The van der Waals surface area contributed by atoms with Gasteiger partial charge in [-0.3, -0.25) is 0 Å². The molecule has 31 heavy (non-hydrogen) atoms. The number of aromatic carboxylic acids is 2. The fourth-order valence-corrected chi connectivity index (χ4v) is 4.36. The summed E-state index contributed by atoms with van der Waals surface area (Å²) in [7, 11) is 0. The van der Waals surface area contributed by atoms with Crippen molar-refractivity contribution in [3.05, 3.63) is 82.4 Å². The van der Waals surface area contributed by atoms with E-state index in [9.17, 15) is 19.8 Å². The molecular formula is C27H28O4. The van der Waals surface area contributed by atoms with Crippen LogP contribution in [0.4, 0.5) is 0 Å². The van der Waals surface area contributed by atoms with E-state index in [2.05, 4.69) is 33.8 Å². The van der Waals surface area contributed by atoms with Gasteiger partial charge < -0.3 is 10.2 Å². The summed E-state index contributed by atoms with van der Waals surface area (Å²) in [5.41, 5.74) is 6.34. The maximum absolute atomic E-state index is 12.1. The summed E-state index contributed by atoms with van der Waals surface area (Å²) in [6.07, 6.45) is 0. The van der Waals surface area contributed by atoms with Gasteiger partial charge in [0.2, 0.25) is 0 Å². The lowest BCUT2D eigenvalue weighted by molar-refractivity contribution is 0.0686. The molecule has 0 aliphatic rings. The summed E-state index contributed by atoms with van der Waals surface area (Å²) in [5, 5.41) is 19.8. The van der Waals surface area contributed by atoms with Gasteiger partial charge in [0.25, 0.3) is 0 Å². The van der Waals surface area contributed by atoms with Crippen LogP contribution in [0.3, 0.4) is 0 Å². The third kappa shape index (κ3) is 4.11. The van der Waals surface area contributed by atoms with Crippen molar-refractivity contribution in [2.24, 2.45) is 0 Å². The molecule has 0 aliphatic carbocycles. The lowest BCUT2D eigenvalue weighted by atomic mass is 9.77. The van der Waals surface area contributed by atoms with E-state index in [1.165, 1.54) is 0 Å². The molecule has 0 saturated heterocycles. The SMILES string of the molecule is Cc1cc(C(C)C)c(C(C)C)c(-c2ccccc2C(=O)O)c1-c1ccccc1C(=O)O. The Balaban J connectivity index is 2.60. The van der Waals surface area contributed by atoms with E-state index in [-0.39, 0.29) is 23.0 Å². The maximum atomic E-state index is 12.1. The molecular weight excluding hydrogens is 388 g/mol. The van der Waals surface area contributed by atoms with Gasteiger partial charge in [0.05, 0.1) is 11.1 Å². The largest absolute Gasteiger partial charge is 0.478 e. The molecule has 0 spiro atoms. The summed E-state index contributed by atoms with van der Waals surface area (Å²) in [4.78, 5) is 24.1. The molecule has 4 heteroatoms. The van der Waals surface area contributed by atoms with Gasteiger partial charge in [-0.15, -0.1) is 0 Å². The Morgan fingerprint density at radius 3 is 1.58 bits per heavy atom.